The fourth-order valence-electron chi connectivity index (χ4n) is 4.74. The Morgan fingerprint density at radius 2 is 1.85 bits per heavy atom. The number of imide groups is 1. The Kier molecular flexibility index (Phi) is 3.41. The number of ether oxygens (including phenoxy) is 1. The van der Waals surface area contributed by atoms with E-state index in [0.29, 0.717) is 12.1 Å². The number of nitrogens with zero attached hydrogens (tertiary/aromatic N) is 1. The van der Waals surface area contributed by atoms with Crippen molar-refractivity contribution in [1.29, 1.82) is 0 Å². The lowest BCUT2D eigenvalue weighted by atomic mass is 9.74. The molecular weight excluding hydrogens is 340 g/mol. The van der Waals surface area contributed by atoms with Crippen molar-refractivity contribution in [2.75, 3.05) is 12.0 Å². The normalized spacial score (nSPS) is 24.2. The number of aromatic amines is 1. The number of hydrogen-bond donors (Lipinski definition) is 1. The summed E-state index contributed by atoms with van der Waals surface area (Å²) in [6.07, 6.45) is 0.676. The van der Waals surface area contributed by atoms with E-state index in [1.165, 1.54) is 4.90 Å². The van der Waals surface area contributed by atoms with Crippen molar-refractivity contribution in [3.8, 4) is 5.75 Å². The number of methoxy groups -OCH3 is 1. The number of nitrogens with one attached hydrogen (secondary N) is 1. The Bertz CT molecular complexity index is 1070. The van der Waals surface area contributed by atoms with Crippen LogP contribution in [0.2, 0.25) is 0 Å². The van der Waals surface area contributed by atoms with Gasteiger partial charge < -0.3 is 9.72 Å². The number of carbonyl (C=O) groups excluding carboxylic acids is 2. The van der Waals surface area contributed by atoms with Crippen molar-refractivity contribution in [3.63, 3.8) is 0 Å². The summed E-state index contributed by atoms with van der Waals surface area (Å²) in [4.78, 5) is 31.2. The lowest BCUT2D eigenvalue weighted by molar-refractivity contribution is -0.122. The number of fused-ring (bicyclic) bond motifs is 5. The second-order valence-electron chi connectivity index (χ2n) is 7.43. The summed E-state index contributed by atoms with van der Waals surface area (Å²) in [7, 11) is 1.65. The standard InChI is InChI=1S/C22H20N2O3/c1-12-10-16-19(22(26)24(21(16)25)13-6-4-3-5-7-13)20-18(12)15-11-14(27-2)8-9-17(15)23-20/h3-9,11-12,16,19,23H,10H2,1-2H3/t12-,16+,19+/m1/s1. The van der Waals surface area contributed by atoms with Crippen LogP contribution in [0, 0.1) is 5.92 Å². The molecule has 1 aromatic heterocycles. The predicted octanol–water partition coefficient (Wildman–Crippen LogP) is 3.96. The average Bonchev–Trinajstić information content (AvgIpc) is 3.18. The highest BCUT2D eigenvalue weighted by Gasteiger charge is 2.53. The average molecular weight is 360 g/mol. The second kappa shape index (κ2) is 5.71. The largest absolute Gasteiger partial charge is 0.497 e. The van der Waals surface area contributed by atoms with Gasteiger partial charge in [-0.3, -0.25) is 9.59 Å². The molecule has 2 heterocycles. The SMILES string of the molecule is COc1ccc2[nH]c3c(c2c1)[C@H](C)C[C@@H]1C(=O)N(c2ccccc2)C(=O)[C@H]31. The smallest absolute Gasteiger partial charge is 0.243 e. The number of para-hydroxylation sites is 1. The first-order valence-electron chi connectivity index (χ1n) is 9.22. The summed E-state index contributed by atoms with van der Waals surface area (Å²) in [6, 6.07) is 15.1. The Labute approximate surface area is 156 Å². The molecule has 0 unspecified atom stereocenters. The zero-order valence-corrected chi connectivity index (χ0v) is 15.2. The van der Waals surface area contributed by atoms with E-state index in [0.717, 1.165) is 27.9 Å². The minimum atomic E-state index is -0.442. The molecule has 1 saturated heterocycles. The lowest BCUT2D eigenvalue weighted by Gasteiger charge is -2.27. The summed E-state index contributed by atoms with van der Waals surface area (Å²) in [5, 5.41) is 1.08. The zero-order chi connectivity index (χ0) is 18.7. The quantitative estimate of drug-likeness (QED) is 0.704. The molecular formula is C22H20N2O3. The number of hydrogen-bond acceptors (Lipinski definition) is 3. The molecule has 2 aromatic carbocycles. The van der Waals surface area contributed by atoms with E-state index < -0.39 is 5.92 Å². The number of H-pyrrole nitrogens is 1. The Morgan fingerprint density at radius 1 is 1.07 bits per heavy atom. The molecule has 136 valence electrons. The molecule has 1 aliphatic carbocycles. The van der Waals surface area contributed by atoms with Crippen molar-refractivity contribution >= 4 is 28.4 Å². The maximum atomic E-state index is 13.3. The van der Waals surface area contributed by atoms with Gasteiger partial charge in [-0.15, -0.1) is 0 Å². The van der Waals surface area contributed by atoms with Crippen LogP contribution in [0.15, 0.2) is 48.5 Å². The third-order valence-corrected chi connectivity index (χ3v) is 5.93. The van der Waals surface area contributed by atoms with Crippen molar-refractivity contribution in [1.82, 2.24) is 4.98 Å². The number of anilines is 1. The highest BCUT2D eigenvalue weighted by Crippen LogP contribution is 2.50. The highest BCUT2D eigenvalue weighted by atomic mass is 16.5. The van der Waals surface area contributed by atoms with Gasteiger partial charge in [0.1, 0.15) is 5.75 Å². The Balaban J connectivity index is 1.67. The molecule has 0 bridgehead atoms. The minimum absolute atomic E-state index is 0.0927. The van der Waals surface area contributed by atoms with Gasteiger partial charge in [-0.25, -0.2) is 4.90 Å². The van der Waals surface area contributed by atoms with Crippen LogP contribution in [0.3, 0.4) is 0 Å². The van der Waals surface area contributed by atoms with Gasteiger partial charge in [-0.1, -0.05) is 25.1 Å². The van der Waals surface area contributed by atoms with E-state index in [4.69, 9.17) is 4.74 Å². The van der Waals surface area contributed by atoms with E-state index >= 15 is 0 Å². The zero-order valence-electron chi connectivity index (χ0n) is 15.2. The fourth-order valence-corrected chi connectivity index (χ4v) is 4.74. The van der Waals surface area contributed by atoms with Crippen LogP contribution in [0.1, 0.15) is 36.4 Å². The molecule has 1 N–H and O–H groups in total. The van der Waals surface area contributed by atoms with Gasteiger partial charge in [0.15, 0.2) is 0 Å². The Morgan fingerprint density at radius 3 is 2.59 bits per heavy atom. The molecule has 0 saturated carbocycles. The van der Waals surface area contributed by atoms with Gasteiger partial charge >= 0.3 is 0 Å². The molecule has 5 rings (SSSR count). The van der Waals surface area contributed by atoms with Crippen molar-refractivity contribution in [2.24, 2.45) is 5.92 Å². The number of carbonyl (C=O) groups is 2. The van der Waals surface area contributed by atoms with Gasteiger partial charge in [0.25, 0.3) is 0 Å². The van der Waals surface area contributed by atoms with Crippen molar-refractivity contribution < 1.29 is 14.3 Å². The number of benzene rings is 2. The van der Waals surface area contributed by atoms with Crippen molar-refractivity contribution in [2.45, 2.75) is 25.2 Å². The monoisotopic (exact) mass is 360 g/mol. The molecule has 2 aliphatic rings. The van der Waals surface area contributed by atoms with E-state index in [1.54, 1.807) is 7.11 Å². The van der Waals surface area contributed by atoms with Crippen LogP contribution in [0.5, 0.6) is 5.75 Å². The number of aromatic nitrogens is 1. The maximum absolute atomic E-state index is 13.3. The first kappa shape index (κ1) is 16.1. The summed E-state index contributed by atoms with van der Waals surface area (Å²) < 4.78 is 5.37. The van der Waals surface area contributed by atoms with E-state index in [-0.39, 0.29) is 23.7 Å². The molecule has 0 spiro atoms. The highest BCUT2D eigenvalue weighted by molar-refractivity contribution is 6.24. The fraction of sp³-hybridized carbons (Fsp3) is 0.273. The summed E-state index contributed by atoms with van der Waals surface area (Å²) in [6.45, 7) is 2.13. The van der Waals surface area contributed by atoms with Crippen molar-refractivity contribution in [3.05, 3.63) is 59.8 Å². The third kappa shape index (κ3) is 2.17. The van der Waals surface area contributed by atoms with Gasteiger partial charge in [-0.05, 0) is 48.2 Å². The van der Waals surface area contributed by atoms with Crippen LogP contribution in [-0.4, -0.2) is 23.9 Å². The molecule has 3 atom stereocenters. The molecule has 5 heteroatoms. The predicted molar refractivity (Wildman–Crippen MR) is 103 cm³/mol. The van der Waals surface area contributed by atoms with Gasteiger partial charge in [-0.2, -0.15) is 0 Å². The topological polar surface area (TPSA) is 62.4 Å². The summed E-state index contributed by atoms with van der Waals surface area (Å²) in [5.41, 5.74) is 3.65. The van der Waals surface area contributed by atoms with Gasteiger partial charge in [0.2, 0.25) is 11.8 Å². The third-order valence-electron chi connectivity index (χ3n) is 5.93. The van der Waals surface area contributed by atoms with Crippen LogP contribution in [0.25, 0.3) is 10.9 Å². The number of rotatable bonds is 2. The second-order valence-corrected chi connectivity index (χ2v) is 7.43. The summed E-state index contributed by atoms with van der Waals surface area (Å²) in [5.74, 6) is -0.00165. The first-order chi connectivity index (χ1) is 13.1. The van der Waals surface area contributed by atoms with E-state index in [1.807, 2.05) is 48.5 Å². The molecule has 2 amide bonds. The Hall–Kier alpha value is -3.08. The van der Waals surface area contributed by atoms with Gasteiger partial charge in [0.05, 0.1) is 24.6 Å². The molecule has 0 radical (unpaired) electrons. The van der Waals surface area contributed by atoms with Gasteiger partial charge in [0, 0.05) is 16.6 Å². The van der Waals surface area contributed by atoms with Crippen LogP contribution < -0.4 is 9.64 Å². The molecule has 1 fully saturated rings. The van der Waals surface area contributed by atoms with Crippen LogP contribution >= 0.6 is 0 Å². The van der Waals surface area contributed by atoms with Crippen LogP contribution in [0.4, 0.5) is 5.69 Å². The molecule has 1 aliphatic heterocycles. The van der Waals surface area contributed by atoms with E-state index in [2.05, 4.69) is 11.9 Å². The maximum Gasteiger partial charge on any atom is 0.243 e. The first-order valence-corrected chi connectivity index (χ1v) is 9.22. The molecule has 27 heavy (non-hydrogen) atoms. The lowest BCUT2D eigenvalue weighted by Crippen LogP contribution is -2.30. The van der Waals surface area contributed by atoms with Crippen LogP contribution in [-0.2, 0) is 9.59 Å². The molecule has 5 nitrogen and oxygen atoms in total. The number of amides is 2. The minimum Gasteiger partial charge on any atom is -0.497 e. The summed E-state index contributed by atoms with van der Waals surface area (Å²) >= 11 is 0. The van der Waals surface area contributed by atoms with E-state index in [9.17, 15) is 9.59 Å². The molecule has 3 aromatic rings.